The highest BCUT2D eigenvalue weighted by molar-refractivity contribution is 7.47. The van der Waals surface area contributed by atoms with Gasteiger partial charge in [-0.15, -0.1) is 0 Å². The van der Waals surface area contributed by atoms with E-state index in [1.807, 2.05) is 0 Å². The molecular formula is C79H154O17P2. The summed E-state index contributed by atoms with van der Waals surface area (Å²) in [6.45, 7) is 9.63. The quantitative estimate of drug-likeness (QED) is 0.0222. The molecule has 17 nitrogen and oxygen atoms in total. The zero-order valence-corrected chi connectivity index (χ0v) is 65.9. The number of hydrogen-bond donors (Lipinski definition) is 3. The van der Waals surface area contributed by atoms with Crippen LogP contribution in [0.25, 0.3) is 0 Å². The maximum Gasteiger partial charge on any atom is 0.472 e. The average Bonchev–Trinajstić information content (AvgIpc) is 1.03. The SMILES string of the molecule is CCCCCCCCCCCCCCCCCCC(=O)OC[C@H](COP(=O)(O)OC[C@@H](O)COP(=O)(O)OC[C@@H](COC(=O)CCCCCCCCCCCCC)OC(=O)CCCCCCCCCCCC(C)C)OC(=O)CCCCCCCCCCCCCCCCCCC(C)C. The Morgan fingerprint density at radius 2 is 0.469 bits per heavy atom. The van der Waals surface area contributed by atoms with E-state index in [9.17, 15) is 43.2 Å². The average molecular weight is 1440 g/mol. The minimum atomic E-state index is -4.96. The van der Waals surface area contributed by atoms with Gasteiger partial charge in [0.05, 0.1) is 26.4 Å². The predicted octanol–water partition coefficient (Wildman–Crippen LogP) is 23.5. The van der Waals surface area contributed by atoms with Crippen molar-refractivity contribution in [2.45, 2.75) is 432 Å². The molecule has 0 aliphatic carbocycles. The minimum absolute atomic E-state index is 0.106. The van der Waals surface area contributed by atoms with Crippen LogP contribution in [0, 0.1) is 11.8 Å². The summed E-state index contributed by atoms with van der Waals surface area (Å²) in [7, 11) is -9.92. The number of rotatable bonds is 78. The fraction of sp³-hybridized carbons (Fsp3) is 0.949. The Balaban J connectivity index is 5.24. The molecule has 98 heavy (non-hydrogen) atoms. The zero-order valence-electron chi connectivity index (χ0n) is 64.1. The normalized spacial score (nSPS) is 13.9. The van der Waals surface area contributed by atoms with Crippen LogP contribution < -0.4 is 0 Å². The molecule has 0 spiro atoms. The van der Waals surface area contributed by atoms with Crippen LogP contribution in [0.2, 0.25) is 0 Å². The van der Waals surface area contributed by atoms with E-state index in [4.69, 9.17) is 37.0 Å². The number of carbonyl (C=O) groups excluding carboxylic acids is 4. The van der Waals surface area contributed by atoms with E-state index in [2.05, 4.69) is 41.5 Å². The van der Waals surface area contributed by atoms with Crippen LogP contribution in [-0.2, 0) is 65.4 Å². The fourth-order valence-corrected chi connectivity index (χ4v) is 13.8. The molecule has 0 bridgehead atoms. The summed E-state index contributed by atoms with van der Waals surface area (Å²) < 4.78 is 68.6. The van der Waals surface area contributed by atoms with E-state index in [1.165, 1.54) is 231 Å². The number of phosphoric ester groups is 2. The molecule has 3 N–H and O–H groups in total. The molecule has 19 heteroatoms. The van der Waals surface area contributed by atoms with E-state index < -0.39 is 97.5 Å². The minimum Gasteiger partial charge on any atom is -0.462 e. The highest BCUT2D eigenvalue weighted by Crippen LogP contribution is 2.45. The Bertz CT molecular complexity index is 1890. The van der Waals surface area contributed by atoms with Crippen LogP contribution in [-0.4, -0.2) is 96.7 Å². The molecular weight excluding hydrogens is 1280 g/mol. The van der Waals surface area contributed by atoms with Crippen LogP contribution in [0.5, 0.6) is 0 Å². The summed E-state index contributed by atoms with van der Waals surface area (Å²) in [4.78, 5) is 72.9. The van der Waals surface area contributed by atoms with Crippen LogP contribution in [0.3, 0.4) is 0 Å². The standard InChI is InChI=1S/C79H154O17P2/c1-7-9-11-13-15-17-19-20-21-25-28-32-38-44-50-56-62-77(82)90-67-74(95-78(83)63-57-51-45-39-33-29-26-23-22-24-27-31-35-41-47-53-59-71(3)4)69-93-97(85,86)91-65-73(80)66-92-98(87,88)94-70-75(68-89-76(81)61-55-49-43-37-30-18-16-14-12-10-8-2)96-79(84)64-58-52-46-40-34-36-42-48-54-60-72(5)6/h71-75,80H,7-70H2,1-6H3,(H,85,86)(H,87,88)/t73-,74-,75-/m1/s1. The first-order valence-corrected chi connectivity index (χ1v) is 44.0. The second-order valence-electron chi connectivity index (χ2n) is 29.4. The maximum absolute atomic E-state index is 13.1. The summed E-state index contributed by atoms with van der Waals surface area (Å²) >= 11 is 0. The molecule has 0 amide bonds. The Hall–Kier alpha value is -1.94. The molecule has 2 unspecified atom stereocenters. The van der Waals surface area contributed by atoms with Gasteiger partial charge in [0.2, 0.25) is 0 Å². The Morgan fingerprint density at radius 3 is 0.694 bits per heavy atom. The smallest absolute Gasteiger partial charge is 0.462 e. The number of hydrogen-bond acceptors (Lipinski definition) is 15. The van der Waals surface area contributed by atoms with E-state index >= 15 is 0 Å². The zero-order chi connectivity index (χ0) is 72.1. The van der Waals surface area contributed by atoms with E-state index in [0.717, 1.165) is 102 Å². The third kappa shape index (κ3) is 72.4. The van der Waals surface area contributed by atoms with Crippen molar-refractivity contribution in [2.75, 3.05) is 39.6 Å². The largest absolute Gasteiger partial charge is 0.472 e. The first kappa shape index (κ1) is 96.1. The molecule has 5 atom stereocenters. The highest BCUT2D eigenvalue weighted by Gasteiger charge is 2.30. The third-order valence-electron chi connectivity index (χ3n) is 18.5. The van der Waals surface area contributed by atoms with Gasteiger partial charge in [-0.2, -0.15) is 0 Å². The number of aliphatic hydroxyl groups is 1. The number of unbranched alkanes of at least 4 members (excludes halogenated alkanes) is 48. The second-order valence-corrected chi connectivity index (χ2v) is 32.3. The Kier molecular flexibility index (Phi) is 69.3. The Labute approximate surface area is 600 Å². The molecule has 0 aromatic carbocycles. The van der Waals surface area contributed by atoms with Crippen molar-refractivity contribution in [2.24, 2.45) is 11.8 Å². The van der Waals surface area contributed by atoms with Gasteiger partial charge >= 0.3 is 39.5 Å². The number of esters is 4. The van der Waals surface area contributed by atoms with Crippen LogP contribution in [0.1, 0.15) is 414 Å². The maximum atomic E-state index is 13.1. The van der Waals surface area contributed by atoms with Crippen LogP contribution >= 0.6 is 15.6 Å². The summed E-state index contributed by atoms with van der Waals surface area (Å²) in [5.74, 6) is -0.565. The number of carbonyl (C=O) groups is 4. The molecule has 0 saturated carbocycles. The summed E-state index contributed by atoms with van der Waals surface area (Å²) in [6, 6.07) is 0. The molecule has 0 aromatic rings. The molecule has 0 rings (SSSR count). The molecule has 0 aliphatic heterocycles. The summed E-state index contributed by atoms with van der Waals surface area (Å²) in [5, 5.41) is 10.6. The van der Waals surface area contributed by atoms with Gasteiger partial charge in [0.25, 0.3) is 0 Å². The van der Waals surface area contributed by atoms with Crippen molar-refractivity contribution in [3.8, 4) is 0 Å². The van der Waals surface area contributed by atoms with E-state index in [-0.39, 0.29) is 25.7 Å². The van der Waals surface area contributed by atoms with Crippen molar-refractivity contribution in [1.29, 1.82) is 0 Å². The van der Waals surface area contributed by atoms with Gasteiger partial charge in [-0.05, 0) is 37.5 Å². The fourth-order valence-electron chi connectivity index (χ4n) is 12.2. The van der Waals surface area contributed by atoms with Gasteiger partial charge in [-0.1, -0.05) is 363 Å². The van der Waals surface area contributed by atoms with Crippen molar-refractivity contribution in [1.82, 2.24) is 0 Å². The number of ether oxygens (including phenoxy) is 4. The number of phosphoric acid groups is 2. The van der Waals surface area contributed by atoms with Crippen molar-refractivity contribution < 1.29 is 80.2 Å². The molecule has 0 saturated heterocycles. The lowest BCUT2D eigenvalue weighted by Crippen LogP contribution is -2.30. The summed E-state index contributed by atoms with van der Waals surface area (Å²) in [6.07, 6.45) is 59.6. The first-order chi connectivity index (χ1) is 47.4. The van der Waals surface area contributed by atoms with E-state index in [1.54, 1.807) is 0 Å². The summed E-state index contributed by atoms with van der Waals surface area (Å²) in [5.41, 5.74) is 0. The van der Waals surface area contributed by atoms with Crippen LogP contribution in [0.15, 0.2) is 0 Å². The van der Waals surface area contributed by atoms with Gasteiger partial charge in [-0.25, -0.2) is 9.13 Å². The molecule has 0 radical (unpaired) electrons. The van der Waals surface area contributed by atoms with Crippen molar-refractivity contribution in [3.63, 3.8) is 0 Å². The van der Waals surface area contributed by atoms with Crippen LogP contribution in [0.4, 0.5) is 0 Å². The molecule has 0 fully saturated rings. The monoisotopic (exact) mass is 1440 g/mol. The van der Waals surface area contributed by atoms with Crippen molar-refractivity contribution in [3.05, 3.63) is 0 Å². The van der Waals surface area contributed by atoms with Gasteiger partial charge in [0, 0.05) is 25.7 Å². The lowest BCUT2D eigenvalue weighted by molar-refractivity contribution is -0.161. The highest BCUT2D eigenvalue weighted by atomic mass is 31.2. The molecule has 582 valence electrons. The van der Waals surface area contributed by atoms with Gasteiger partial charge in [0.15, 0.2) is 12.2 Å². The van der Waals surface area contributed by atoms with E-state index in [0.29, 0.717) is 25.7 Å². The molecule has 0 heterocycles. The van der Waals surface area contributed by atoms with Gasteiger partial charge in [-0.3, -0.25) is 37.3 Å². The lowest BCUT2D eigenvalue weighted by atomic mass is 10.0. The third-order valence-corrected chi connectivity index (χ3v) is 20.4. The lowest BCUT2D eigenvalue weighted by Gasteiger charge is -2.21. The predicted molar refractivity (Wildman–Crippen MR) is 400 cm³/mol. The topological polar surface area (TPSA) is 237 Å². The molecule has 0 aliphatic rings. The Morgan fingerprint density at radius 1 is 0.276 bits per heavy atom. The van der Waals surface area contributed by atoms with Crippen molar-refractivity contribution >= 4 is 39.5 Å². The van der Waals surface area contributed by atoms with Gasteiger partial charge < -0.3 is 33.8 Å². The second kappa shape index (κ2) is 70.7. The number of aliphatic hydroxyl groups excluding tert-OH is 1. The van der Waals surface area contributed by atoms with Gasteiger partial charge in [0.1, 0.15) is 19.3 Å². The first-order valence-electron chi connectivity index (χ1n) is 41.0. The molecule has 0 aromatic heterocycles.